The van der Waals surface area contributed by atoms with Crippen molar-refractivity contribution in [2.75, 3.05) is 20.1 Å². The second-order valence-electron chi connectivity index (χ2n) is 3.31. The molecule has 2 nitrogen and oxygen atoms in total. The summed E-state index contributed by atoms with van der Waals surface area (Å²) in [5, 5.41) is 0. The number of hydrogen-bond donors (Lipinski definition) is 1. The summed E-state index contributed by atoms with van der Waals surface area (Å²) in [5.74, 6) is 0. The van der Waals surface area contributed by atoms with Crippen molar-refractivity contribution in [1.82, 2.24) is 4.90 Å². The third-order valence-corrected chi connectivity index (χ3v) is 1.81. The first-order chi connectivity index (χ1) is 5.20. The molecule has 0 aromatic heterocycles. The van der Waals surface area contributed by atoms with Gasteiger partial charge in [0.15, 0.2) is 0 Å². The maximum absolute atomic E-state index is 5.87. The number of rotatable bonds is 6. The van der Waals surface area contributed by atoms with Crippen molar-refractivity contribution >= 4 is 0 Å². The number of nitrogens with two attached hydrogens (primary N) is 1. The average Bonchev–Trinajstić information content (AvgIpc) is 1.87. The van der Waals surface area contributed by atoms with Gasteiger partial charge in [-0.3, -0.25) is 0 Å². The van der Waals surface area contributed by atoms with Crippen LogP contribution in [-0.4, -0.2) is 31.1 Å². The van der Waals surface area contributed by atoms with E-state index in [2.05, 4.69) is 25.8 Å². The Labute approximate surface area is 70.8 Å². The van der Waals surface area contributed by atoms with E-state index in [1.54, 1.807) is 0 Å². The summed E-state index contributed by atoms with van der Waals surface area (Å²) in [6.07, 6.45) is 3.56. The fourth-order valence-corrected chi connectivity index (χ4v) is 1.34. The Morgan fingerprint density at radius 3 is 2.36 bits per heavy atom. The maximum atomic E-state index is 5.87. The van der Waals surface area contributed by atoms with E-state index < -0.39 is 0 Å². The lowest BCUT2D eigenvalue weighted by atomic mass is 10.2. The van der Waals surface area contributed by atoms with Crippen LogP contribution in [0.15, 0.2) is 0 Å². The Morgan fingerprint density at radius 2 is 1.91 bits per heavy atom. The van der Waals surface area contributed by atoms with Gasteiger partial charge in [-0.1, -0.05) is 20.3 Å². The maximum Gasteiger partial charge on any atom is 0.0167 e. The molecule has 0 saturated heterocycles. The van der Waals surface area contributed by atoms with Crippen molar-refractivity contribution in [3.8, 4) is 0 Å². The van der Waals surface area contributed by atoms with Crippen LogP contribution in [0.4, 0.5) is 0 Å². The number of likely N-dealkylation sites (N-methyl/N-ethyl adjacent to an activating group) is 1. The number of hydrogen-bond acceptors (Lipinski definition) is 2. The first-order valence-corrected chi connectivity index (χ1v) is 4.64. The molecule has 68 valence electrons. The fraction of sp³-hybridized carbons (Fsp3) is 1.00. The zero-order valence-electron chi connectivity index (χ0n) is 8.14. The Bertz CT molecular complexity index is 73.6. The largest absolute Gasteiger partial charge is 0.327 e. The lowest BCUT2D eigenvalue weighted by Gasteiger charge is -2.19. The van der Waals surface area contributed by atoms with Gasteiger partial charge in [0.1, 0.15) is 0 Å². The number of nitrogens with zero attached hydrogens (tertiary/aromatic N) is 1. The van der Waals surface area contributed by atoms with E-state index >= 15 is 0 Å². The smallest absolute Gasteiger partial charge is 0.0167 e. The quantitative estimate of drug-likeness (QED) is 0.634. The molecule has 0 aliphatic rings. The molecule has 0 bridgehead atoms. The molecule has 0 rings (SSSR count). The molecule has 0 spiro atoms. The summed E-state index contributed by atoms with van der Waals surface area (Å²) in [5.41, 5.74) is 5.87. The molecule has 0 amide bonds. The zero-order valence-corrected chi connectivity index (χ0v) is 8.14. The van der Waals surface area contributed by atoms with Crippen molar-refractivity contribution in [1.29, 1.82) is 0 Å². The van der Waals surface area contributed by atoms with E-state index in [4.69, 9.17) is 5.73 Å². The van der Waals surface area contributed by atoms with Crippen molar-refractivity contribution in [2.24, 2.45) is 5.73 Å². The van der Waals surface area contributed by atoms with Crippen LogP contribution >= 0.6 is 0 Å². The van der Waals surface area contributed by atoms with Crippen molar-refractivity contribution in [2.45, 2.75) is 39.2 Å². The summed E-state index contributed by atoms with van der Waals surface area (Å²) in [6, 6.07) is 0.372. The molecule has 11 heavy (non-hydrogen) atoms. The third kappa shape index (κ3) is 6.32. The molecule has 0 radical (unpaired) electrons. The molecule has 0 aromatic carbocycles. The van der Waals surface area contributed by atoms with E-state index in [-0.39, 0.29) is 0 Å². The molecule has 2 heteroatoms. The predicted molar refractivity (Wildman–Crippen MR) is 50.7 cm³/mol. The molecule has 0 fully saturated rings. The zero-order chi connectivity index (χ0) is 8.69. The third-order valence-electron chi connectivity index (χ3n) is 1.81. The molecule has 0 heterocycles. The molecule has 0 saturated carbocycles. The Balaban J connectivity index is 3.32. The highest BCUT2D eigenvalue weighted by Gasteiger charge is 2.03. The van der Waals surface area contributed by atoms with Crippen LogP contribution in [0.3, 0.4) is 0 Å². The van der Waals surface area contributed by atoms with Crippen molar-refractivity contribution in [3.05, 3.63) is 0 Å². The summed E-state index contributed by atoms with van der Waals surface area (Å²) in [4.78, 5) is 2.31. The average molecular weight is 158 g/mol. The van der Waals surface area contributed by atoms with E-state index in [1.165, 1.54) is 12.8 Å². The van der Waals surface area contributed by atoms with E-state index in [1.807, 2.05) is 0 Å². The van der Waals surface area contributed by atoms with Gasteiger partial charge in [0.05, 0.1) is 0 Å². The lowest BCUT2D eigenvalue weighted by Crippen LogP contribution is -2.35. The monoisotopic (exact) mass is 158 g/mol. The highest BCUT2D eigenvalue weighted by molar-refractivity contribution is 4.64. The second kappa shape index (κ2) is 6.62. The molecule has 0 aromatic rings. The SMILES string of the molecule is CCCC(N)CN(C)CCC. The second-order valence-corrected chi connectivity index (χ2v) is 3.31. The van der Waals surface area contributed by atoms with Gasteiger partial charge in [0.25, 0.3) is 0 Å². The van der Waals surface area contributed by atoms with E-state index in [9.17, 15) is 0 Å². The van der Waals surface area contributed by atoms with Crippen LogP contribution in [0.25, 0.3) is 0 Å². The molecule has 0 aliphatic carbocycles. The van der Waals surface area contributed by atoms with Crippen molar-refractivity contribution < 1.29 is 0 Å². The van der Waals surface area contributed by atoms with Crippen LogP contribution in [-0.2, 0) is 0 Å². The standard InChI is InChI=1S/C9H22N2/c1-4-6-9(10)8-11(3)7-5-2/h9H,4-8,10H2,1-3H3. The molecule has 2 N–H and O–H groups in total. The predicted octanol–water partition coefficient (Wildman–Crippen LogP) is 1.46. The van der Waals surface area contributed by atoms with Crippen LogP contribution in [0, 0.1) is 0 Å². The van der Waals surface area contributed by atoms with Crippen molar-refractivity contribution in [3.63, 3.8) is 0 Å². The minimum Gasteiger partial charge on any atom is -0.327 e. The fourth-order valence-electron chi connectivity index (χ4n) is 1.34. The first kappa shape index (κ1) is 10.9. The lowest BCUT2D eigenvalue weighted by molar-refractivity contribution is 0.304. The van der Waals surface area contributed by atoms with Gasteiger partial charge in [0, 0.05) is 12.6 Å². The van der Waals surface area contributed by atoms with Gasteiger partial charge >= 0.3 is 0 Å². The van der Waals surface area contributed by atoms with Crippen LogP contribution in [0.1, 0.15) is 33.1 Å². The van der Waals surface area contributed by atoms with Gasteiger partial charge in [-0.2, -0.15) is 0 Å². The summed E-state index contributed by atoms with van der Waals surface area (Å²) < 4.78 is 0. The molecule has 1 atom stereocenters. The van der Waals surface area contributed by atoms with Crippen LogP contribution < -0.4 is 5.73 Å². The van der Waals surface area contributed by atoms with Gasteiger partial charge in [-0.25, -0.2) is 0 Å². The molecule has 0 aliphatic heterocycles. The molecular formula is C9H22N2. The summed E-state index contributed by atoms with van der Waals surface area (Å²) in [7, 11) is 2.14. The van der Waals surface area contributed by atoms with Gasteiger partial charge in [0.2, 0.25) is 0 Å². The van der Waals surface area contributed by atoms with E-state index in [0.717, 1.165) is 19.5 Å². The Hall–Kier alpha value is -0.0800. The minimum atomic E-state index is 0.372. The summed E-state index contributed by atoms with van der Waals surface area (Å²) in [6.45, 7) is 6.58. The Morgan fingerprint density at radius 1 is 1.27 bits per heavy atom. The molecular weight excluding hydrogens is 136 g/mol. The minimum absolute atomic E-state index is 0.372. The van der Waals surface area contributed by atoms with Crippen LogP contribution in [0.2, 0.25) is 0 Å². The Kier molecular flexibility index (Phi) is 6.57. The van der Waals surface area contributed by atoms with Gasteiger partial charge in [-0.05, 0) is 26.4 Å². The summed E-state index contributed by atoms with van der Waals surface area (Å²) >= 11 is 0. The van der Waals surface area contributed by atoms with Crippen LogP contribution in [0.5, 0.6) is 0 Å². The normalized spacial score (nSPS) is 13.9. The first-order valence-electron chi connectivity index (χ1n) is 4.64. The van der Waals surface area contributed by atoms with Gasteiger partial charge in [-0.15, -0.1) is 0 Å². The van der Waals surface area contributed by atoms with Gasteiger partial charge < -0.3 is 10.6 Å². The van der Waals surface area contributed by atoms with E-state index in [0.29, 0.717) is 6.04 Å². The highest BCUT2D eigenvalue weighted by atomic mass is 15.1. The molecule has 1 unspecified atom stereocenters. The highest BCUT2D eigenvalue weighted by Crippen LogP contribution is 1.96. The topological polar surface area (TPSA) is 29.3 Å².